The van der Waals surface area contributed by atoms with Gasteiger partial charge in [0.1, 0.15) is 72.9 Å². The molecule has 4 aliphatic carbocycles. The number of aliphatic hydroxyl groups excluding tert-OH is 6. The summed E-state index contributed by atoms with van der Waals surface area (Å²) in [6.07, 6.45) is -5.70. The number of thiazole rings is 1. The van der Waals surface area contributed by atoms with E-state index in [2.05, 4.69) is 34.8 Å². The van der Waals surface area contributed by atoms with Gasteiger partial charge < -0.3 is 120 Å². The van der Waals surface area contributed by atoms with Gasteiger partial charge in [0.2, 0.25) is 12.6 Å². The average Bonchev–Trinajstić information content (AvgIpc) is 0.776. The number of pyridine rings is 1. The first-order chi connectivity index (χ1) is 57.4. The fourth-order valence-corrected chi connectivity index (χ4v) is 19.5. The number of para-hydroxylation sites is 1. The fraction of sp³-hybridized carbons (Fsp3) is 0.488. The molecule has 6 fully saturated rings. The second-order valence-corrected chi connectivity index (χ2v) is 33.4. The zero-order valence-electron chi connectivity index (χ0n) is 67.1. The molecular weight excluding hydrogens is 1580 g/mol. The third-order valence-corrected chi connectivity index (χ3v) is 24.0. The maximum Gasteiger partial charge on any atom is 0.410 e. The standard InChI is InChI=1S/C84H103N11O24S/c1-46-53(50-18-22-62(91-63(50)73(103)104)94-28-24-49-54(38-94)51(17-21-58(49)112-5)72(102)92-78-90-56-13-6-7-14-61(56)120-78)37-89-95(46)45-83-40-81(2)39-82(3,41-83)43-84(42-81,44-83)115-34-30-93(29-33-111-4)80(110)114-32-9-11-47-15-19-59(116-76-68(100)64(96)66(98)70(118-76)74(105)106)52(35-47)55(86)23-27-88-79(109)113-31-8-12-48-16-20-60(57(36-48)87-26-10-25-85)117-77-69(101)65(97)67(99)71(119-77)75(107)108/h6-9,11-22,35-37,55,64-71,76-77,87,96-101H,10,23-34,38-45,85-86H2,1-5H3,(H,88,109)(H,103,104)(H,105,106)(H,107,108)(H,90,92,102)/b11-9+,12-8+/t55?,64-,65-,66-,67-,68+,69+,70-,71-,76+,77+,81?,82?,83?,84?/m0/s1. The van der Waals surface area contributed by atoms with Gasteiger partial charge in [-0.2, -0.15) is 5.10 Å². The number of fused-ring (bicyclic) bond motifs is 2. The van der Waals surface area contributed by atoms with Crippen LogP contribution >= 0.6 is 11.3 Å². The number of alkyl carbamates (subject to hydrolysis) is 1. The minimum atomic E-state index is -1.99. The number of benzene rings is 4. The van der Waals surface area contributed by atoms with Crippen molar-refractivity contribution in [3.05, 3.63) is 148 Å². The number of amides is 3. The molecule has 120 heavy (non-hydrogen) atoms. The number of carboxylic acid groups (broad SMARTS) is 3. The van der Waals surface area contributed by atoms with Crippen LogP contribution in [0.15, 0.2) is 103 Å². The van der Waals surface area contributed by atoms with Crippen molar-refractivity contribution >= 4 is 86.3 Å². The maximum absolute atomic E-state index is 14.0. The van der Waals surface area contributed by atoms with Gasteiger partial charge in [0.25, 0.3) is 5.91 Å². The molecule has 36 heteroatoms. The number of aliphatic carboxylic acids is 2. The number of carboxylic acids is 3. The highest BCUT2D eigenvalue weighted by Gasteiger charge is 2.66. The van der Waals surface area contributed by atoms with Crippen molar-refractivity contribution in [2.75, 3.05) is 95.4 Å². The molecule has 3 aliphatic heterocycles. The SMILES string of the molecule is COCCN(CCOC12CC3(C)CC(C)(CC(Cn4ncc(-c5ccc(N6CCc7c(OC)ccc(C(=O)Nc8nc9ccccc9s8)c7C6)nc5C(=O)O)c4C)(C3)C1)C2)C(=O)OC/C=C/c1ccc(O[C@@H]2O[C@H](C(=O)O)[C@@H](O)[C@H](O)[C@H]2O)c(C(N)CCNC(=O)OC/C=C/c2ccc(O[C@@H]3O[C@H](C(=O)O)[C@@H](O)[C@H](O)[C@H]3O)c(NCCCN)c2)c1. The number of hydrogen-bond donors (Lipinski definition) is 14. The van der Waals surface area contributed by atoms with Crippen LogP contribution in [0.4, 0.5) is 26.2 Å². The molecule has 4 bridgehead atoms. The highest BCUT2D eigenvalue weighted by atomic mass is 32.1. The lowest BCUT2D eigenvalue weighted by Gasteiger charge is -2.69. The number of ether oxygens (including phenoxy) is 9. The molecule has 3 unspecified atom stereocenters. The van der Waals surface area contributed by atoms with Crippen molar-refractivity contribution in [3.8, 4) is 28.4 Å². The van der Waals surface area contributed by atoms with Crippen LogP contribution in [0.1, 0.15) is 126 Å². The molecule has 3 amide bonds. The van der Waals surface area contributed by atoms with Crippen molar-refractivity contribution < 1.29 is 117 Å². The van der Waals surface area contributed by atoms with E-state index >= 15 is 0 Å². The lowest BCUT2D eigenvalue weighted by Crippen LogP contribution is -2.64. The summed E-state index contributed by atoms with van der Waals surface area (Å²) in [4.78, 5) is 91.1. The van der Waals surface area contributed by atoms with Gasteiger partial charge in [0, 0.05) is 92.5 Å². The Hall–Kier alpha value is -10.5. The van der Waals surface area contributed by atoms with E-state index in [0.717, 1.165) is 65.6 Å². The van der Waals surface area contributed by atoms with Gasteiger partial charge in [-0.1, -0.05) is 61.6 Å². The molecule has 13 atom stereocenters. The third kappa shape index (κ3) is 19.6. The van der Waals surface area contributed by atoms with Crippen LogP contribution in [-0.4, -0.2) is 254 Å². The minimum absolute atomic E-state index is 0.00977. The van der Waals surface area contributed by atoms with Gasteiger partial charge >= 0.3 is 30.1 Å². The maximum atomic E-state index is 14.0. The highest BCUT2D eigenvalue weighted by molar-refractivity contribution is 7.22. The molecule has 4 aromatic carbocycles. The number of nitrogens with two attached hydrogens (primary N) is 2. The number of carbonyl (C=O) groups excluding carboxylic acids is 3. The lowest BCUT2D eigenvalue weighted by atomic mass is 9.39. The quantitative estimate of drug-likeness (QED) is 0.0190. The van der Waals surface area contributed by atoms with Gasteiger partial charge in [0.15, 0.2) is 23.0 Å². The molecule has 2 saturated heterocycles. The van der Waals surface area contributed by atoms with Crippen LogP contribution in [0.3, 0.4) is 0 Å². The predicted molar refractivity (Wildman–Crippen MR) is 436 cm³/mol. The van der Waals surface area contributed by atoms with E-state index in [1.54, 1.807) is 80.1 Å². The Kier molecular flexibility index (Phi) is 27.1. The Morgan fingerprint density at radius 3 is 2.02 bits per heavy atom. The van der Waals surface area contributed by atoms with Gasteiger partial charge in [-0.25, -0.2) is 33.9 Å². The number of carbonyl (C=O) groups is 6. The van der Waals surface area contributed by atoms with Crippen LogP contribution < -0.4 is 46.5 Å². The normalized spacial score (nSPS) is 26.5. The Morgan fingerprint density at radius 1 is 0.717 bits per heavy atom. The Labute approximate surface area is 694 Å². The van der Waals surface area contributed by atoms with E-state index in [9.17, 15) is 74.7 Å². The summed E-state index contributed by atoms with van der Waals surface area (Å²) in [5.74, 6) is -3.52. The number of nitrogens with zero attached hydrogens (tertiary/aromatic N) is 6. The predicted octanol–water partition coefficient (Wildman–Crippen LogP) is 6.45. The second kappa shape index (κ2) is 37.3. The third-order valence-electron chi connectivity index (χ3n) is 23.1. The highest BCUT2D eigenvalue weighted by Crippen LogP contribution is 2.72. The monoisotopic (exact) mass is 1680 g/mol. The van der Waals surface area contributed by atoms with Crippen LogP contribution in [0.5, 0.6) is 17.2 Å². The summed E-state index contributed by atoms with van der Waals surface area (Å²) >= 11 is 1.38. The van der Waals surface area contributed by atoms with Gasteiger partial charge in [-0.05, 0) is 177 Å². The van der Waals surface area contributed by atoms with E-state index in [-0.39, 0.29) is 104 Å². The van der Waals surface area contributed by atoms with Crippen molar-refractivity contribution in [1.29, 1.82) is 0 Å². The topological polar surface area (TPSA) is 506 Å². The number of hydrogen-bond acceptors (Lipinski definition) is 29. The molecule has 0 radical (unpaired) electrons. The summed E-state index contributed by atoms with van der Waals surface area (Å²) in [5.41, 5.74) is 17.9. The zero-order valence-corrected chi connectivity index (χ0v) is 67.9. The van der Waals surface area contributed by atoms with Crippen LogP contribution in [-0.2, 0) is 57.5 Å². The molecule has 6 heterocycles. The number of aromatic nitrogens is 4. The number of aromatic carboxylic acids is 1. The molecule has 4 saturated carbocycles. The van der Waals surface area contributed by atoms with Crippen LogP contribution in [0.25, 0.3) is 33.5 Å². The second-order valence-electron chi connectivity index (χ2n) is 32.4. The molecule has 14 rings (SSSR count). The molecule has 644 valence electrons. The Morgan fingerprint density at radius 2 is 1.37 bits per heavy atom. The van der Waals surface area contributed by atoms with Crippen molar-refractivity contribution in [2.24, 2.45) is 27.7 Å². The van der Waals surface area contributed by atoms with Gasteiger partial charge in [-0.3, -0.25) is 14.8 Å². The number of rotatable bonds is 35. The van der Waals surface area contributed by atoms with E-state index in [1.165, 1.54) is 35.5 Å². The van der Waals surface area contributed by atoms with E-state index in [4.69, 9.17) is 64.2 Å². The lowest BCUT2D eigenvalue weighted by molar-refractivity contribution is -0.271. The first-order valence-corrected chi connectivity index (χ1v) is 40.6. The smallest absolute Gasteiger partial charge is 0.410 e. The number of anilines is 3. The number of aliphatic hydroxyl groups is 6. The summed E-state index contributed by atoms with van der Waals surface area (Å²) in [5, 5.41) is 107. The van der Waals surface area contributed by atoms with Crippen molar-refractivity contribution in [1.82, 2.24) is 30.0 Å². The zero-order chi connectivity index (χ0) is 85.5. The molecule has 7 aliphatic rings. The molecule has 3 aromatic heterocycles. The fourth-order valence-electron chi connectivity index (χ4n) is 18.6. The van der Waals surface area contributed by atoms with E-state index < -0.39 is 103 Å². The summed E-state index contributed by atoms with van der Waals surface area (Å²) in [7, 11) is 3.13. The molecule has 16 N–H and O–H groups in total. The first kappa shape index (κ1) is 87.4. The molecular formula is C84H103N11O24S. The van der Waals surface area contributed by atoms with Gasteiger partial charge in [-0.15, -0.1) is 0 Å². The number of methoxy groups -OCH3 is 2. The van der Waals surface area contributed by atoms with Crippen LogP contribution in [0.2, 0.25) is 0 Å². The Balaban J connectivity index is 0.628. The molecule has 35 nitrogen and oxygen atoms in total. The molecule has 0 spiro atoms. The van der Waals surface area contributed by atoms with Crippen molar-refractivity contribution in [2.45, 2.75) is 165 Å². The minimum Gasteiger partial charge on any atom is -0.496 e. The Bertz CT molecular complexity index is 4910. The summed E-state index contributed by atoms with van der Waals surface area (Å²) in [6, 6.07) is 23.3. The van der Waals surface area contributed by atoms with E-state index in [0.29, 0.717) is 89.2 Å². The first-order valence-electron chi connectivity index (χ1n) is 39.7. The van der Waals surface area contributed by atoms with Crippen LogP contribution in [0, 0.1) is 23.2 Å². The number of nitrogens with one attached hydrogen (secondary N) is 3. The largest absolute Gasteiger partial charge is 0.496 e. The summed E-state index contributed by atoms with van der Waals surface area (Å²) in [6.45, 7) is 9.04. The molecule has 7 aromatic rings. The van der Waals surface area contributed by atoms with E-state index in [1.807, 2.05) is 46.8 Å². The van der Waals surface area contributed by atoms with Crippen molar-refractivity contribution in [3.63, 3.8) is 0 Å². The van der Waals surface area contributed by atoms with Gasteiger partial charge in [0.05, 0.1) is 48.0 Å². The summed E-state index contributed by atoms with van der Waals surface area (Å²) < 4.78 is 55.0. The average molecular weight is 1680 g/mol.